The fourth-order valence-electron chi connectivity index (χ4n) is 4.27. The Morgan fingerprint density at radius 2 is 1.94 bits per heavy atom. The summed E-state index contributed by atoms with van der Waals surface area (Å²) in [5.74, 6) is 1.39. The van der Waals surface area contributed by atoms with Gasteiger partial charge in [-0.2, -0.15) is 4.31 Å². The first-order valence-electron chi connectivity index (χ1n) is 10.6. The number of carbonyl (C=O) groups is 1. The van der Waals surface area contributed by atoms with E-state index in [9.17, 15) is 13.2 Å². The van der Waals surface area contributed by atoms with Crippen molar-refractivity contribution >= 4 is 21.7 Å². The molecule has 1 N–H and O–H groups in total. The number of hydrogen-bond acceptors (Lipinski definition) is 6. The van der Waals surface area contributed by atoms with E-state index in [0.29, 0.717) is 49.7 Å². The first-order chi connectivity index (χ1) is 14.7. The van der Waals surface area contributed by atoms with E-state index < -0.39 is 10.0 Å². The molecule has 4 rings (SSSR count). The van der Waals surface area contributed by atoms with Gasteiger partial charge >= 0.3 is 0 Å². The SMILES string of the molecule is CNc1nc([C@H]2CCN(S(=O)(=O)c3ccc(C)c(C)c3)C2)nc2c1CN(C(C)=O)CC2. The maximum atomic E-state index is 13.2. The van der Waals surface area contributed by atoms with Gasteiger partial charge in [-0.15, -0.1) is 0 Å². The number of rotatable bonds is 4. The second-order valence-electron chi connectivity index (χ2n) is 8.39. The van der Waals surface area contributed by atoms with Crippen LogP contribution in [0.2, 0.25) is 0 Å². The second-order valence-corrected chi connectivity index (χ2v) is 10.3. The molecule has 1 fully saturated rings. The third-order valence-electron chi connectivity index (χ3n) is 6.39. The number of hydrogen-bond donors (Lipinski definition) is 1. The average molecular weight is 444 g/mol. The summed E-state index contributed by atoms with van der Waals surface area (Å²) in [6.07, 6.45) is 1.36. The predicted octanol–water partition coefficient (Wildman–Crippen LogP) is 2.22. The van der Waals surface area contributed by atoms with Gasteiger partial charge < -0.3 is 10.2 Å². The fraction of sp³-hybridized carbons (Fsp3) is 0.500. The summed E-state index contributed by atoms with van der Waals surface area (Å²) in [5, 5.41) is 3.14. The third kappa shape index (κ3) is 4.04. The second kappa shape index (κ2) is 8.20. The van der Waals surface area contributed by atoms with Gasteiger partial charge in [-0.1, -0.05) is 6.07 Å². The molecule has 3 heterocycles. The van der Waals surface area contributed by atoms with Crippen molar-refractivity contribution in [1.82, 2.24) is 19.2 Å². The number of aryl methyl sites for hydroxylation is 2. The van der Waals surface area contributed by atoms with Gasteiger partial charge in [-0.3, -0.25) is 4.79 Å². The molecule has 166 valence electrons. The Kier molecular flexibility index (Phi) is 5.74. The third-order valence-corrected chi connectivity index (χ3v) is 8.25. The number of amides is 1. The van der Waals surface area contributed by atoms with Crippen LogP contribution in [0.25, 0.3) is 0 Å². The van der Waals surface area contributed by atoms with Crippen LogP contribution in [0.4, 0.5) is 5.82 Å². The minimum absolute atomic E-state index is 0.0414. The normalized spacial score (nSPS) is 19.4. The number of anilines is 1. The molecule has 8 nitrogen and oxygen atoms in total. The van der Waals surface area contributed by atoms with Crippen molar-refractivity contribution in [2.75, 3.05) is 32.0 Å². The van der Waals surface area contributed by atoms with Crippen molar-refractivity contribution < 1.29 is 13.2 Å². The van der Waals surface area contributed by atoms with Crippen molar-refractivity contribution in [2.45, 2.75) is 51.0 Å². The highest BCUT2D eigenvalue weighted by Gasteiger charge is 2.35. The van der Waals surface area contributed by atoms with Gasteiger partial charge in [0.05, 0.1) is 17.1 Å². The van der Waals surface area contributed by atoms with Crippen LogP contribution in [-0.4, -0.2) is 60.2 Å². The molecule has 0 unspecified atom stereocenters. The predicted molar refractivity (Wildman–Crippen MR) is 118 cm³/mol. The summed E-state index contributed by atoms with van der Waals surface area (Å²) in [6, 6.07) is 5.28. The molecule has 0 bridgehead atoms. The van der Waals surface area contributed by atoms with Crippen molar-refractivity contribution in [3.05, 3.63) is 46.4 Å². The first kappa shape index (κ1) is 21.7. The number of nitrogens with one attached hydrogen (secondary N) is 1. The molecule has 1 saturated heterocycles. The first-order valence-corrected chi connectivity index (χ1v) is 12.0. The van der Waals surface area contributed by atoms with Crippen molar-refractivity contribution in [2.24, 2.45) is 0 Å². The quantitative estimate of drug-likeness (QED) is 0.779. The highest BCUT2D eigenvalue weighted by atomic mass is 32.2. The van der Waals surface area contributed by atoms with Crippen LogP contribution < -0.4 is 5.32 Å². The fourth-order valence-corrected chi connectivity index (χ4v) is 5.86. The molecule has 0 spiro atoms. The van der Waals surface area contributed by atoms with Crippen LogP contribution in [-0.2, 0) is 27.8 Å². The number of sulfonamides is 1. The van der Waals surface area contributed by atoms with Gasteiger partial charge in [0.2, 0.25) is 15.9 Å². The molecule has 1 atom stereocenters. The number of nitrogens with zero attached hydrogens (tertiary/aromatic N) is 4. The Bertz CT molecular complexity index is 1110. The zero-order valence-electron chi connectivity index (χ0n) is 18.5. The lowest BCUT2D eigenvalue weighted by Gasteiger charge is -2.29. The van der Waals surface area contributed by atoms with Crippen LogP contribution in [0, 0.1) is 13.8 Å². The van der Waals surface area contributed by atoms with E-state index in [1.54, 1.807) is 28.3 Å². The number of fused-ring (bicyclic) bond motifs is 1. The highest BCUT2D eigenvalue weighted by molar-refractivity contribution is 7.89. The van der Waals surface area contributed by atoms with Gasteiger partial charge in [0, 0.05) is 51.5 Å². The molecule has 31 heavy (non-hydrogen) atoms. The molecule has 2 aliphatic rings. The number of benzene rings is 1. The van der Waals surface area contributed by atoms with E-state index in [-0.39, 0.29) is 11.8 Å². The van der Waals surface area contributed by atoms with Gasteiger partial charge in [-0.25, -0.2) is 18.4 Å². The Balaban J connectivity index is 1.58. The molecule has 2 aromatic rings. The summed E-state index contributed by atoms with van der Waals surface area (Å²) in [5.41, 5.74) is 3.93. The summed E-state index contributed by atoms with van der Waals surface area (Å²) in [7, 11) is -1.74. The number of aromatic nitrogens is 2. The average Bonchev–Trinajstić information content (AvgIpc) is 3.25. The zero-order valence-corrected chi connectivity index (χ0v) is 19.3. The minimum Gasteiger partial charge on any atom is -0.373 e. The molecule has 1 amide bonds. The molecular formula is C22H29N5O3S. The Morgan fingerprint density at radius 3 is 2.61 bits per heavy atom. The largest absolute Gasteiger partial charge is 0.373 e. The topological polar surface area (TPSA) is 95.5 Å². The van der Waals surface area contributed by atoms with E-state index >= 15 is 0 Å². The summed E-state index contributed by atoms with van der Waals surface area (Å²) in [6.45, 7) is 7.43. The molecule has 2 aliphatic heterocycles. The van der Waals surface area contributed by atoms with Crippen LogP contribution in [0.3, 0.4) is 0 Å². The van der Waals surface area contributed by atoms with E-state index in [2.05, 4.69) is 5.32 Å². The van der Waals surface area contributed by atoms with E-state index in [1.807, 2.05) is 27.0 Å². The maximum absolute atomic E-state index is 13.2. The molecule has 1 aromatic heterocycles. The van der Waals surface area contributed by atoms with Gasteiger partial charge in [0.25, 0.3) is 0 Å². The molecule has 0 saturated carbocycles. The van der Waals surface area contributed by atoms with Crippen LogP contribution in [0.5, 0.6) is 0 Å². The molecule has 0 radical (unpaired) electrons. The van der Waals surface area contributed by atoms with Gasteiger partial charge in [0.1, 0.15) is 11.6 Å². The Labute approximate surface area is 183 Å². The minimum atomic E-state index is -3.55. The summed E-state index contributed by atoms with van der Waals surface area (Å²) in [4.78, 5) is 23.4. The molecular weight excluding hydrogens is 414 g/mol. The maximum Gasteiger partial charge on any atom is 0.243 e. The number of carbonyl (C=O) groups excluding carboxylic acids is 1. The van der Waals surface area contributed by atoms with Crippen LogP contribution in [0.15, 0.2) is 23.1 Å². The van der Waals surface area contributed by atoms with E-state index in [0.717, 1.165) is 28.2 Å². The molecule has 1 aromatic carbocycles. The zero-order chi connectivity index (χ0) is 22.3. The molecule has 0 aliphatic carbocycles. The summed E-state index contributed by atoms with van der Waals surface area (Å²) < 4.78 is 27.9. The lowest BCUT2D eigenvalue weighted by atomic mass is 10.0. The molecule has 9 heteroatoms. The van der Waals surface area contributed by atoms with Crippen molar-refractivity contribution in [3.8, 4) is 0 Å². The highest BCUT2D eigenvalue weighted by Crippen LogP contribution is 2.32. The van der Waals surface area contributed by atoms with Crippen molar-refractivity contribution in [3.63, 3.8) is 0 Å². The monoisotopic (exact) mass is 443 g/mol. The van der Waals surface area contributed by atoms with Crippen LogP contribution in [0.1, 0.15) is 47.5 Å². The smallest absolute Gasteiger partial charge is 0.243 e. The van der Waals surface area contributed by atoms with E-state index in [4.69, 9.17) is 9.97 Å². The van der Waals surface area contributed by atoms with E-state index in [1.165, 1.54) is 0 Å². The lowest BCUT2D eigenvalue weighted by Crippen LogP contribution is -2.35. The lowest BCUT2D eigenvalue weighted by molar-refractivity contribution is -0.129. The van der Waals surface area contributed by atoms with Crippen molar-refractivity contribution in [1.29, 1.82) is 0 Å². The summed E-state index contributed by atoms with van der Waals surface area (Å²) >= 11 is 0. The van der Waals surface area contributed by atoms with Gasteiger partial charge in [0.15, 0.2) is 0 Å². The standard InChI is InChI=1S/C22H29N5O3S/c1-14-5-6-18(11-15(14)2)31(29,30)27-10-7-17(12-27)21-24-20-8-9-26(16(3)28)13-19(20)22(23-4)25-21/h5-6,11,17H,7-10,12-13H2,1-4H3,(H,23,24,25)/t17-/m0/s1. The van der Waals surface area contributed by atoms with Gasteiger partial charge in [-0.05, 0) is 43.5 Å². The Morgan fingerprint density at radius 1 is 1.16 bits per heavy atom. The Hall–Kier alpha value is -2.52. The van der Waals surface area contributed by atoms with Crippen LogP contribution >= 0.6 is 0 Å².